The minimum Gasteiger partial charge on any atom is -0.284 e. The Labute approximate surface area is 91.6 Å². The summed E-state index contributed by atoms with van der Waals surface area (Å²) in [6.07, 6.45) is -5.14. The van der Waals surface area contributed by atoms with Crippen LogP contribution in [0.5, 0.6) is 0 Å². The summed E-state index contributed by atoms with van der Waals surface area (Å²) in [4.78, 5) is 10.7. The van der Waals surface area contributed by atoms with Crippen molar-refractivity contribution >= 4 is 29.0 Å². The van der Waals surface area contributed by atoms with Crippen LogP contribution in [-0.2, 0) is 0 Å². The van der Waals surface area contributed by atoms with Gasteiger partial charge in [0.05, 0.1) is 15.6 Å². The summed E-state index contributed by atoms with van der Waals surface area (Å²) in [6.45, 7) is 0. The average Bonchev–Trinajstić information content (AvgIpc) is 2.08. The number of benzene rings is 1. The van der Waals surface area contributed by atoms with Crippen LogP contribution in [0.1, 0.15) is 10.4 Å². The van der Waals surface area contributed by atoms with Crippen molar-refractivity contribution in [3.8, 4) is 0 Å². The third-order valence-electron chi connectivity index (χ3n) is 1.51. The molecule has 1 aromatic carbocycles. The van der Waals surface area contributed by atoms with Gasteiger partial charge in [-0.2, -0.15) is 13.2 Å². The predicted octanol–water partition coefficient (Wildman–Crippen LogP) is 3.88. The largest absolute Gasteiger partial charge is 0.454 e. The molecule has 1 aromatic rings. The fraction of sp³-hybridized carbons (Fsp3) is 0.125. The number of hydrogen-bond acceptors (Lipinski definition) is 1. The van der Waals surface area contributed by atoms with Crippen molar-refractivity contribution in [2.24, 2.45) is 0 Å². The van der Waals surface area contributed by atoms with E-state index in [0.717, 1.165) is 0 Å². The molecule has 0 amide bonds. The molecule has 0 saturated carbocycles. The van der Waals surface area contributed by atoms with E-state index in [-0.39, 0.29) is 10.0 Å². The van der Waals surface area contributed by atoms with Gasteiger partial charge < -0.3 is 0 Å². The summed E-state index contributed by atoms with van der Waals surface area (Å²) in [7, 11) is 0. The van der Waals surface area contributed by atoms with Crippen molar-refractivity contribution < 1.29 is 22.4 Å². The Morgan fingerprint density at radius 2 is 1.60 bits per heavy atom. The van der Waals surface area contributed by atoms with E-state index < -0.39 is 23.3 Å². The van der Waals surface area contributed by atoms with Crippen LogP contribution in [0.15, 0.2) is 12.1 Å². The first kappa shape index (κ1) is 12.3. The summed E-state index contributed by atoms with van der Waals surface area (Å²) < 4.78 is 48.8. The Bertz CT molecular complexity index is 414. The lowest BCUT2D eigenvalue weighted by atomic mass is 10.1. The SMILES string of the molecule is O=C(c1cc(Cl)c(Cl)cc1F)C(F)(F)F. The molecule has 0 aliphatic rings. The minimum absolute atomic E-state index is 0.257. The molecule has 0 aliphatic carbocycles. The van der Waals surface area contributed by atoms with Gasteiger partial charge in [0.15, 0.2) is 0 Å². The van der Waals surface area contributed by atoms with Gasteiger partial charge in [0.2, 0.25) is 0 Å². The number of hydrogen-bond donors (Lipinski definition) is 0. The van der Waals surface area contributed by atoms with Gasteiger partial charge >= 0.3 is 6.18 Å². The van der Waals surface area contributed by atoms with Crippen molar-refractivity contribution in [3.05, 3.63) is 33.6 Å². The quantitative estimate of drug-likeness (QED) is 0.426. The molecule has 1 nitrogen and oxygen atoms in total. The van der Waals surface area contributed by atoms with Crippen LogP contribution >= 0.6 is 23.2 Å². The van der Waals surface area contributed by atoms with Crippen molar-refractivity contribution in [1.82, 2.24) is 0 Å². The summed E-state index contributed by atoms with van der Waals surface area (Å²) in [5.41, 5.74) is -1.14. The van der Waals surface area contributed by atoms with Gasteiger partial charge in [-0.1, -0.05) is 23.2 Å². The number of alkyl halides is 3. The second kappa shape index (κ2) is 3.98. The molecule has 0 heterocycles. The fourth-order valence-electron chi connectivity index (χ4n) is 0.849. The van der Waals surface area contributed by atoms with Crippen LogP contribution in [0.25, 0.3) is 0 Å². The first-order chi connectivity index (χ1) is 6.73. The highest BCUT2D eigenvalue weighted by Crippen LogP contribution is 2.29. The van der Waals surface area contributed by atoms with Crippen molar-refractivity contribution in [3.63, 3.8) is 0 Å². The van der Waals surface area contributed by atoms with E-state index in [0.29, 0.717) is 12.1 Å². The zero-order valence-corrected chi connectivity index (χ0v) is 8.34. The van der Waals surface area contributed by atoms with Crippen LogP contribution in [0, 0.1) is 5.82 Å². The predicted molar refractivity (Wildman–Crippen MR) is 46.8 cm³/mol. The van der Waals surface area contributed by atoms with Gasteiger partial charge in [0.1, 0.15) is 5.82 Å². The fourth-order valence-corrected chi connectivity index (χ4v) is 1.16. The van der Waals surface area contributed by atoms with E-state index in [1.807, 2.05) is 0 Å². The minimum atomic E-state index is -5.14. The Balaban J connectivity index is 3.28. The third kappa shape index (κ3) is 2.60. The molecule has 1 rings (SSSR count). The number of carbonyl (C=O) groups excluding carboxylic acids is 1. The molecule has 0 aromatic heterocycles. The van der Waals surface area contributed by atoms with Crippen molar-refractivity contribution in [1.29, 1.82) is 0 Å². The molecular weight excluding hydrogens is 259 g/mol. The Hall–Kier alpha value is -0.810. The molecule has 0 atom stereocenters. The van der Waals surface area contributed by atoms with Gasteiger partial charge in [-0.25, -0.2) is 4.39 Å². The zero-order valence-electron chi connectivity index (χ0n) is 6.83. The van der Waals surface area contributed by atoms with Gasteiger partial charge in [0, 0.05) is 0 Å². The first-order valence-corrected chi connectivity index (χ1v) is 4.25. The molecule has 0 N–H and O–H groups in total. The lowest BCUT2D eigenvalue weighted by Crippen LogP contribution is -2.23. The van der Waals surface area contributed by atoms with E-state index in [9.17, 15) is 22.4 Å². The molecule has 0 spiro atoms. The number of Topliss-reactive ketones (excluding diaryl/α,β-unsaturated/α-hetero) is 1. The molecule has 0 fully saturated rings. The molecule has 0 saturated heterocycles. The second-order valence-corrected chi connectivity index (χ2v) is 3.39. The molecule has 0 bridgehead atoms. The zero-order chi connectivity index (χ0) is 11.8. The summed E-state index contributed by atoms with van der Waals surface area (Å²) in [5.74, 6) is -3.65. The van der Waals surface area contributed by atoms with Crippen LogP contribution in [0.4, 0.5) is 17.6 Å². The maximum Gasteiger partial charge on any atom is 0.454 e. The average molecular weight is 261 g/mol. The number of carbonyl (C=O) groups is 1. The summed E-state index contributed by atoms with van der Waals surface area (Å²) in [6, 6.07) is 1.11. The highest BCUT2D eigenvalue weighted by molar-refractivity contribution is 6.42. The van der Waals surface area contributed by atoms with Gasteiger partial charge in [-0.3, -0.25) is 4.79 Å². The molecule has 15 heavy (non-hydrogen) atoms. The first-order valence-electron chi connectivity index (χ1n) is 3.49. The van der Waals surface area contributed by atoms with E-state index >= 15 is 0 Å². The third-order valence-corrected chi connectivity index (χ3v) is 2.23. The highest BCUT2D eigenvalue weighted by atomic mass is 35.5. The molecule has 0 unspecified atom stereocenters. The van der Waals surface area contributed by atoms with E-state index in [4.69, 9.17) is 23.2 Å². The molecule has 0 radical (unpaired) electrons. The number of ketones is 1. The van der Waals surface area contributed by atoms with E-state index in [2.05, 4.69) is 0 Å². The monoisotopic (exact) mass is 260 g/mol. The topological polar surface area (TPSA) is 17.1 Å². The van der Waals surface area contributed by atoms with Crippen LogP contribution in [-0.4, -0.2) is 12.0 Å². The molecule has 7 heteroatoms. The Morgan fingerprint density at radius 1 is 1.13 bits per heavy atom. The summed E-state index contributed by atoms with van der Waals surface area (Å²) in [5, 5.41) is -0.571. The maximum absolute atomic E-state index is 12.9. The van der Waals surface area contributed by atoms with Crippen LogP contribution in [0.3, 0.4) is 0 Å². The van der Waals surface area contributed by atoms with E-state index in [1.165, 1.54) is 0 Å². The second-order valence-electron chi connectivity index (χ2n) is 2.57. The molecule has 82 valence electrons. The van der Waals surface area contributed by atoms with Gasteiger partial charge in [-0.05, 0) is 12.1 Å². The van der Waals surface area contributed by atoms with Gasteiger partial charge in [0.25, 0.3) is 5.78 Å². The Morgan fingerprint density at radius 3 is 2.07 bits per heavy atom. The lowest BCUT2D eigenvalue weighted by Gasteiger charge is -2.07. The van der Waals surface area contributed by atoms with Crippen LogP contribution in [0.2, 0.25) is 10.0 Å². The summed E-state index contributed by atoms with van der Waals surface area (Å²) >= 11 is 10.7. The normalized spacial score (nSPS) is 11.6. The number of halogens is 6. The highest BCUT2D eigenvalue weighted by Gasteiger charge is 2.40. The van der Waals surface area contributed by atoms with E-state index in [1.54, 1.807) is 0 Å². The number of rotatable bonds is 1. The standard InChI is InChI=1S/C8H2Cl2F4O/c9-4-1-3(6(11)2-5(4)10)7(15)8(12,13)14/h1-2H. The van der Waals surface area contributed by atoms with Gasteiger partial charge in [-0.15, -0.1) is 0 Å². The Kier molecular flexibility index (Phi) is 3.25. The van der Waals surface area contributed by atoms with Crippen molar-refractivity contribution in [2.75, 3.05) is 0 Å². The molecular formula is C8H2Cl2F4O. The smallest absolute Gasteiger partial charge is 0.284 e. The lowest BCUT2D eigenvalue weighted by molar-refractivity contribution is -0.0887. The van der Waals surface area contributed by atoms with Crippen molar-refractivity contribution in [2.45, 2.75) is 6.18 Å². The van der Waals surface area contributed by atoms with Crippen LogP contribution < -0.4 is 0 Å². The molecule has 0 aliphatic heterocycles. The maximum atomic E-state index is 12.9.